The average Bonchev–Trinajstić information content (AvgIpc) is 3.84. The van der Waals surface area contributed by atoms with E-state index in [1.807, 2.05) is 0 Å². The summed E-state index contributed by atoms with van der Waals surface area (Å²) >= 11 is -5.52. The van der Waals surface area contributed by atoms with Gasteiger partial charge in [0.15, 0.2) is 0 Å². The minimum absolute atomic E-state index is 0. The predicted octanol–water partition coefficient (Wildman–Crippen LogP) is -11.6. The van der Waals surface area contributed by atoms with Gasteiger partial charge in [0.2, 0.25) is 0 Å². The molecule has 30 heteroatoms. The van der Waals surface area contributed by atoms with Crippen LogP contribution in [0.4, 0.5) is 11.6 Å². The fraction of sp³-hybridized carbons (Fsp3) is 0.0303. The Hall–Kier alpha value is -1.29. The molecule has 0 atom stereocenters. The van der Waals surface area contributed by atoms with Crippen LogP contribution in [-0.4, -0.2) is 103 Å². The van der Waals surface area contributed by atoms with Gasteiger partial charge in [-0.05, 0) is 0 Å². The molecule has 10 rings (SSSR count). The van der Waals surface area contributed by atoms with Gasteiger partial charge < -0.3 is 0 Å². The number of rotatable bonds is 5. The second-order valence-electron chi connectivity index (χ2n) is 13.4. The second kappa shape index (κ2) is 17.7. The summed E-state index contributed by atoms with van der Waals surface area (Å²) in [5, 5.41) is 0.405. The smallest absolute Gasteiger partial charge is 1.00 e. The molecule has 296 valence electrons. The summed E-state index contributed by atoms with van der Waals surface area (Å²) in [5.41, 5.74) is 0.742. The monoisotopic (exact) mass is 1070 g/mol. The number of benzene rings is 4. The first-order valence-corrected chi connectivity index (χ1v) is 26.4. The van der Waals surface area contributed by atoms with E-state index >= 15 is 0 Å². The molecule has 6 aromatic rings. The SMILES string of the molecule is Cc1ccc2c3[n]4c(c2c1)=NC1=NC(=Nc2c5ccc(S(=O)(=O)[O-])cc5c([n]2[In]4[O]S(=O)(=O)[O-])N=C2N=C(N=3)c3cc(S(=O)(=O)[O-])ccc32)c2cc(S(=O)(=O)[O-])ccc21.[Na+].[Na+].[Na+].[Na+]. The van der Waals surface area contributed by atoms with Gasteiger partial charge in [-0.15, -0.1) is 0 Å². The molecule has 0 amide bonds. The fourth-order valence-corrected chi connectivity index (χ4v) is 17.7. The first-order valence-electron chi connectivity index (χ1n) is 16.6. The molecule has 0 saturated heterocycles. The molecule has 63 heavy (non-hydrogen) atoms. The molecular formula is C33H15InN8Na4O13S4. The summed E-state index contributed by atoms with van der Waals surface area (Å²) in [4.78, 5) is 26.2. The Morgan fingerprint density at radius 1 is 0.460 bits per heavy atom. The molecule has 4 aliphatic heterocycles. The van der Waals surface area contributed by atoms with Crippen LogP contribution in [0.25, 0.3) is 21.5 Å². The number of nitrogens with zero attached hydrogens (tertiary/aromatic N) is 8. The standard InChI is InChI=1S/C33H18N8O9S3.In.4Na.H2O4S/c1-14-2-6-18-22(10-14)30-34-26(18)36-31-24-12-16(52(45,46)47)4-8-20(24)28(38-31)40-33-25-13-17(53(48,49)50)5-9-21(25)29(41-33)39-32-23-11-15(51(42,43)44)3-7-19(23)27(35-30)37-32;;;;;;1-5(2,3)4/h2-13H,1H3,(H3-2,34,35,36,37,38,39,40,41,42,43,44,45,46,47,48,49,50);;;;;;(H2,1,2,3,4)/q-2;+3;4*+1;/p-5. The van der Waals surface area contributed by atoms with Crippen molar-refractivity contribution in [2.24, 2.45) is 30.0 Å². The third-order valence-electron chi connectivity index (χ3n) is 9.77. The van der Waals surface area contributed by atoms with Crippen molar-refractivity contribution in [1.82, 2.24) is 5.11 Å². The second-order valence-corrected chi connectivity index (χ2v) is 25.0. The zero-order valence-electron chi connectivity index (χ0n) is 33.0. The molecule has 0 aliphatic carbocycles. The maximum atomic E-state index is 12.9. The molecular weight excluding hydrogens is 1050 g/mol. The summed E-state index contributed by atoms with van der Waals surface area (Å²) in [6.45, 7) is 1.74. The van der Waals surface area contributed by atoms with Crippen molar-refractivity contribution in [3.63, 3.8) is 0 Å². The Morgan fingerprint density at radius 2 is 0.889 bits per heavy atom. The van der Waals surface area contributed by atoms with Crippen LogP contribution in [0.2, 0.25) is 0 Å². The van der Waals surface area contributed by atoms with Gasteiger partial charge in [0.25, 0.3) is 0 Å². The molecule has 4 aliphatic rings. The van der Waals surface area contributed by atoms with Crippen molar-refractivity contribution in [3.8, 4) is 0 Å². The van der Waals surface area contributed by atoms with E-state index in [2.05, 4.69) is 9.98 Å². The molecule has 0 radical (unpaired) electrons. The van der Waals surface area contributed by atoms with E-state index in [0.717, 1.165) is 39.0 Å². The van der Waals surface area contributed by atoms with Gasteiger partial charge in [0, 0.05) is 0 Å². The van der Waals surface area contributed by atoms with Gasteiger partial charge in [0.05, 0.1) is 0 Å². The molecule has 21 nitrogen and oxygen atoms in total. The van der Waals surface area contributed by atoms with Crippen molar-refractivity contribution in [2.75, 3.05) is 0 Å². The van der Waals surface area contributed by atoms with Crippen LogP contribution in [0.1, 0.15) is 27.8 Å². The van der Waals surface area contributed by atoms with Gasteiger partial charge in [-0.1, -0.05) is 0 Å². The van der Waals surface area contributed by atoms with Gasteiger partial charge in [-0.2, -0.15) is 0 Å². The summed E-state index contributed by atoms with van der Waals surface area (Å²) < 4.78 is 157. The van der Waals surface area contributed by atoms with Gasteiger partial charge in [0.1, 0.15) is 0 Å². The van der Waals surface area contributed by atoms with E-state index in [9.17, 15) is 51.9 Å². The number of aromatic nitrogens is 2. The summed E-state index contributed by atoms with van der Waals surface area (Å²) in [6, 6.07) is 14.6. The maximum absolute atomic E-state index is 12.9. The Kier molecular flexibility index (Phi) is 14.3. The third-order valence-corrected chi connectivity index (χ3v) is 21.5. The largest absolute Gasteiger partial charge is 1.00 e. The van der Waals surface area contributed by atoms with Crippen molar-refractivity contribution in [2.45, 2.75) is 21.6 Å². The number of hydrogen-bond acceptors (Lipinski definition) is 19. The van der Waals surface area contributed by atoms with Crippen molar-refractivity contribution in [1.29, 1.82) is 0 Å². The number of amidine groups is 4. The van der Waals surface area contributed by atoms with E-state index < -0.39 is 77.9 Å². The topological polar surface area (TPSA) is 322 Å². The van der Waals surface area contributed by atoms with Crippen LogP contribution in [0, 0.1) is 6.92 Å². The average molecular weight is 1070 g/mol. The van der Waals surface area contributed by atoms with Crippen LogP contribution in [-0.2, 0) is 43.1 Å². The van der Waals surface area contributed by atoms with Crippen LogP contribution >= 0.6 is 0 Å². The van der Waals surface area contributed by atoms with Crippen molar-refractivity contribution in [3.05, 3.63) is 112 Å². The van der Waals surface area contributed by atoms with Crippen LogP contribution in [0.15, 0.2) is 117 Å². The summed E-state index contributed by atoms with van der Waals surface area (Å²) in [7, 11) is -20.9. The van der Waals surface area contributed by atoms with E-state index in [4.69, 9.17) is 22.3 Å². The molecule has 0 spiro atoms. The third kappa shape index (κ3) is 8.86. The number of aryl methyl sites for hydroxylation is 1. The number of fused-ring (bicyclic) bond motifs is 14. The quantitative estimate of drug-likeness (QED) is 0.0881. The zero-order chi connectivity index (χ0) is 41.7. The molecule has 6 heterocycles. The predicted molar refractivity (Wildman–Crippen MR) is 200 cm³/mol. The normalized spacial score (nSPS) is 14.8. The Labute approximate surface area is 453 Å². The van der Waals surface area contributed by atoms with E-state index in [0.29, 0.717) is 10.9 Å². The first kappa shape index (κ1) is 51.1. The summed E-state index contributed by atoms with van der Waals surface area (Å²) in [5.74, 6) is -1.40. The molecule has 0 N–H and O–H groups in total. The van der Waals surface area contributed by atoms with Gasteiger partial charge in [-0.25, -0.2) is 0 Å². The Morgan fingerprint density at radius 3 is 1.41 bits per heavy atom. The molecule has 4 aromatic carbocycles. The van der Waals surface area contributed by atoms with Crippen LogP contribution in [0.5, 0.6) is 0 Å². The van der Waals surface area contributed by atoms with Crippen LogP contribution < -0.4 is 129 Å². The number of hydrogen-bond donors (Lipinski definition) is 0. The van der Waals surface area contributed by atoms with Crippen molar-refractivity contribution < 1.29 is 172 Å². The maximum Gasteiger partial charge on any atom is 1.00 e. The molecule has 0 unspecified atom stereocenters. The minimum Gasteiger partial charge on any atom is 1.00 e. The van der Waals surface area contributed by atoms with E-state index in [1.54, 1.807) is 25.1 Å². The first-order chi connectivity index (χ1) is 27.6. The molecule has 0 saturated carbocycles. The van der Waals surface area contributed by atoms with E-state index in [-0.39, 0.29) is 203 Å². The van der Waals surface area contributed by atoms with Crippen molar-refractivity contribution >= 4 is 120 Å². The Bertz CT molecular complexity index is 3800. The Balaban J connectivity index is 0.00000165. The van der Waals surface area contributed by atoms with E-state index in [1.165, 1.54) is 20.8 Å². The van der Waals surface area contributed by atoms with Gasteiger partial charge in [-0.3, -0.25) is 0 Å². The zero-order valence-corrected chi connectivity index (χ0v) is 47.6. The van der Waals surface area contributed by atoms with Crippen LogP contribution in [0.3, 0.4) is 0 Å². The summed E-state index contributed by atoms with van der Waals surface area (Å²) in [6.07, 6.45) is 0. The fourth-order valence-electron chi connectivity index (χ4n) is 7.30. The molecule has 0 fully saturated rings. The number of aliphatic imine (C=N–C) groups is 4. The molecule has 2 aromatic heterocycles. The minimum atomic E-state index is -5.67. The van der Waals surface area contributed by atoms with Gasteiger partial charge >= 0.3 is 460 Å². The molecule has 6 bridgehead atoms.